The quantitative estimate of drug-likeness (QED) is 0.0473. The first-order valence-corrected chi connectivity index (χ1v) is 44.9. The van der Waals surface area contributed by atoms with E-state index in [-0.39, 0.29) is 103 Å². The number of halogens is 4. The van der Waals surface area contributed by atoms with Crippen molar-refractivity contribution in [2.24, 2.45) is 0 Å². The molecule has 5 N–H and O–H groups in total. The van der Waals surface area contributed by atoms with E-state index in [2.05, 4.69) is 111 Å². The zero-order valence-corrected chi connectivity index (χ0v) is 70.9. The Morgan fingerprint density at radius 2 is 0.600 bits per heavy atom. The first-order chi connectivity index (χ1) is 57.0. The summed E-state index contributed by atoms with van der Waals surface area (Å²) < 4.78 is 93.3. The topological polar surface area (TPSA) is 481 Å². The van der Waals surface area contributed by atoms with Crippen LogP contribution in [0.15, 0.2) is 190 Å². The highest BCUT2D eigenvalue weighted by Crippen LogP contribution is 2.30. The van der Waals surface area contributed by atoms with Gasteiger partial charge in [-0.1, -0.05) is 70.7 Å². The fourth-order valence-electron chi connectivity index (χ4n) is 11.1. The van der Waals surface area contributed by atoms with Crippen molar-refractivity contribution < 1.29 is 52.8 Å². The Hall–Kier alpha value is -12.4. The van der Waals surface area contributed by atoms with Crippen molar-refractivity contribution in [2.75, 3.05) is 114 Å². The number of aromatic nitrogens is 16. The molecule has 0 saturated carbocycles. The van der Waals surface area contributed by atoms with Crippen molar-refractivity contribution >= 4 is 157 Å². The Bertz CT molecular complexity index is 6310. The van der Waals surface area contributed by atoms with Gasteiger partial charge in [-0.15, -0.1) is 0 Å². The Balaban J connectivity index is 0.000000157. The van der Waals surface area contributed by atoms with Crippen LogP contribution >= 0.6 is 46.4 Å². The van der Waals surface area contributed by atoms with E-state index in [0.29, 0.717) is 52.3 Å². The molecule has 0 bridgehead atoms. The van der Waals surface area contributed by atoms with Gasteiger partial charge in [0.15, 0.2) is 62.6 Å². The second-order valence-corrected chi connectivity index (χ2v) is 36.1. The summed E-state index contributed by atoms with van der Waals surface area (Å²) in [5.74, 6) is 0.575. The minimum atomic E-state index is -3.44. The van der Waals surface area contributed by atoms with Crippen LogP contribution in [0.2, 0.25) is 20.1 Å². The molecule has 120 heavy (non-hydrogen) atoms. The molecule has 36 nitrogen and oxygen atoms in total. The van der Waals surface area contributed by atoms with Crippen LogP contribution in [0.5, 0.6) is 0 Å². The summed E-state index contributed by atoms with van der Waals surface area (Å²) in [4.78, 5) is 126. The SMILES string of the molecule is CN(C)c1nc(NC(=O)c2ccc(S(C)(=O)=O)cc2Cl)nc(-c2ccccn2)n1.CNc1nc(NC(=O)c2ccc(S(C)(=O)=O)cc2Cl)nc(-c2ccccn2)n1.CS(=O)(=O)c1ccc(C(=O)Nc2nc(-c3ccccn3)nc(N3CCCC3)n2)c(Cl)c1.CS(=O)(=O)c1ccc(C(=O)Nc2nc(-c3ccccn3)nc(N3CCCCC3)n2)c(Cl)c1. The highest BCUT2D eigenvalue weighted by atomic mass is 35.5. The molecule has 2 aliphatic rings. The minimum Gasteiger partial charge on any atom is -0.357 e. The van der Waals surface area contributed by atoms with Gasteiger partial charge in [-0.2, -0.15) is 59.8 Å². The monoisotopic (exact) mass is 1780 g/mol. The summed E-state index contributed by atoms with van der Waals surface area (Å²) in [7, 11) is -8.62. The number of carbonyl (C=O) groups excluding carboxylic acids is 4. The van der Waals surface area contributed by atoms with Gasteiger partial charge in [0.05, 0.1) is 61.9 Å². The van der Waals surface area contributed by atoms with E-state index in [1.807, 2.05) is 17.0 Å². The molecule has 44 heteroatoms. The maximum Gasteiger partial charge on any atom is 0.259 e. The molecule has 4 aromatic carbocycles. The van der Waals surface area contributed by atoms with Crippen molar-refractivity contribution in [3.05, 3.63) is 213 Å². The number of nitrogens with zero attached hydrogens (tertiary/aromatic N) is 19. The number of pyridine rings is 4. The number of anilines is 8. The number of hydrogen-bond donors (Lipinski definition) is 5. The third-order valence-corrected chi connectivity index (χ3v) is 22.8. The second-order valence-electron chi connectivity index (χ2n) is 26.4. The number of nitrogens with one attached hydrogen (secondary N) is 5. The van der Waals surface area contributed by atoms with Crippen LogP contribution in [-0.2, 0) is 39.3 Å². The van der Waals surface area contributed by atoms with Crippen LogP contribution in [0.3, 0.4) is 0 Å². The van der Waals surface area contributed by atoms with Crippen molar-refractivity contribution in [3.8, 4) is 46.1 Å². The number of sulfone groups is 4. The number of carbonyl (C=O) groups is 4. The Kier molecular flexibility index (Phi) is 28.7. The standard InChI is InChI=1S/C21H21ClN6O3S.C20H19ClN6O3S.C18H17ClN6O3S.C17H15ClN6O3S/c1-32(30,31)14-8-9-15(16(22)13-14)19(29)26-20-24-18(17-7-3-4-10-23-17)25-21(27-20)28-11-5-2-6-12-28;1-31(29,30)13-7-8-14(15(21)12-13)18(28)25-19-23-17(16-6-2-3-9-22-16)24-20(26-19)27-10-4-5-11-27;1-25(2)18-22-15(14-6-4-5-9-20-14)21-17(24-18)23-16(26)12-8-7-11(10-13(12)19)29(3,27)28;1-19-16-21-14(13-5-3-4-8-20-13)22-17(24-16)23-15(25)11-7-6-10(9-12(11)18)28(2,26)27/h3-4,7-10,13H,2,5-6,11-12H2,1H3,(H,24,25,26,27,29);2-3,6-9,12H,4-5,10-11H2,1H3,(H,23,24,25,26,28);4-10H,1-3H3,(H,21,22,23,24,26);3-9H,1-2H3,(H2,19,21,22,23,24,25). The molecule has 0 radical (unpaired) electrons. The lowest BCUT2D eigenvalue weighted by Crippen LogP contribution is -2.31. The second kappa shape index (κ2) is 39.0. The third-order valence-electron chi connectivity index (χ3n) is 17.1. The average molecular weight is 1780 g/mol. The van der Waals surface area contributed by atoms with Gasteiger partial charge in [0.25, 0.3) is 23.6 Å². The normalized spacial score (nSPS) is 12.7. The summed E-state index contributed by atoms with van der Waals surface area (Å²) in [5.41, 5.74) is 2.52. The molecule has 0 unspecified atom stereocenters. The van der Waals surface area contributed by atoms with Crippen molar-refractivity contribution in [1.82, 2.24) is 79.7 Å². The molecule has 8 aromatic heterocycles. The molecule has 2 fully saturated rings. The number of hydrogen-bond acceptors (Lipinski definition) is 32. The van der Waals surface area contributed by atoms with E-state index in [4.69, 9.17) is 46.4 Å². The van der Waals surface area contributed by atoms with Gasteiger partial charge in [0, 0.05) is 97.1 Å². The van der Waals surface area contributed by atoms with E-state index in [1.54, 1.807) is 111 Å². The highest BCUT2D eigenvalue weighted by Gasteiger charge is 2.26. The largest absolute Gasteiger partial charge is 0.357 e. The molecule has 2 saturated heterocycles. The number of piperidine rings is 1. The van der Waals surface area contributed by atoms with Gasteiger partial charge >= 0.3 is 0 Å². The van der Waals surface area contributed by atoms with E-state index >= 15 is 0 Å². The lowest BCUT2D eigenvalue weighted by molar-refractivity contribution is 0.101. The van der Waals surface area contributed by atoms with Crippen LogP contribution < -0.4 is 41.3 Å². The highest BCUT2D eigenvalue weighted by molar-refractivity contribution is 7.91. The van der Waals surface area contributed by atoms with Crippen molar-refractivity contribution in [3.63, 3.8) is 0 Å². The molecule has 14 rings (SSSR count). The Labute approximate surface area is 708 Å². The van der Waals surface area contributed by atoms with Crippen LogP contribution in [0.25, 0.3) is 46.1 Å². The van der Waals surface area contributed by atoms with E-state index in [0.717, 1.165) is 83.3 Å². The van der Waals surface area contributed by atoms with E-state index in [9.17, 15) is 52.8 Å². The smallest absolute Gasteiger partial charge is 0.259 e. The number of amides is 4. The Morgan fingerprint density at radius 1 is 0.333 bits per heavy atom. The lowest BCUT2D eigenvalue weighted by atomic mass is 10.1. The molecule has 0 aliphatic carbocycles. The summed E-state index contributed by atoms with van der Waals surface area (Å²) in [6, 6.07) is 37.0. The summed E-state index contributed by atoms with van der Waals surface area (Å²) in [5, 5.41) is 13.2. The molecule has 4 amide bonds. The van der Waals surface area contributed by atoms with Crippen LogP contribution in [0.1, 0.15) is 73.5 Å². The fraction of sp³-hybridized carbons (Fsp3) is 0.211. The van der Waals surface area contributed by atoms with Gasteiger partial charge in [-0.25, -0.2) is 33.7 Å². The molecule has 0 spiro atoms. The third kappa shape index (κ3) is 23.7. The van der Waals surface area contributed by atoms with Crippen LogP contribution in [0, 0.1) is 0 Å². The summed E-state index contributed by atoms with van der Waals surface area (Å²) in [6.45, 7) is 3.27. The molecule has 10 heterocycles. The van der Waals surface area contributed by atoms with Crippen molar-refractivity contribution in [2.45, 2.75) is 51.7 Å². The molecule has 12 aromatic rings. The van der Waals surface area contributed by atoms with Crippen LogP contribution in [-0.4, -0.2) is 209 Å². The Morgan fingerprint density at radius 3 is 0.867 bits per heavy atom. The van der Waals surface area contributed by atoms with Crippen molar-refractivity contribution in [1.29, 1.82) is 0 Å². The van der Waals surface area contributed by atoms with Gasteiger partial charge in [-0.3, -0.25) is 60.4 Å². The molecule has 0 atom stereocenters. The van der Waals surface area contributed by atoms with Gasteiger partial charge in [0.2, 0.25) is 47.6 Å². The van der Waals surface area contributed by atoms with Gasteiger partial charge < -0.3 is 20.0 Å². The minimum absolute atomic E-state index is 0.00253. The number of rotatable bonds is 20. The van der Waals surface area contributed by atoms with E-state index in [1.165, 1.54) is 72.8 Å². The van der Waals surface area contributed by atoms with Gasteiger partial charge in [0.1, 0.15) is 22.8 Å². The molecule has 620 valence electrons. The molecule has 2 aliphatic heterocycles. The predicted molar refractivity (Wildman–Crippen MR) is 454 cm³/mol. The van der Waals surface area contributed by atoms with E-state index < -0.39 is 63.0 Å². The average Bonchev–Trinajstić information content (AvgIpc) is 1.28. The zero-order chi connectivity index (χ0) is 86.2. The molecular weight excluding hydrogens is 1710 g/mol. The summed E-state index contributed by atoms with van der Waals surface area (Å²) in [6.07, 6.45) is 16.0. The first-order valence-electron chi connectivity index (χ1n) is 35.8. The lowest BCUT2D eigenvalue weighted by Gasteiger charge is -2.26. The number of benzene rings is 4. The van der Waals surface area contributed by atoms with Gasteiger partial charge in [-0.05, 0) is 153 Å². The fourth-order valence-corrected chi connectivity index (χ4v) is 15.0. The maximum absolute atomic E-state index is 12.9. The molecular formula is C76H72Cl4N24O12S4. The zero-order valence-electron chi connectivity index (χ0n) is 64.6. The maximum atomic E-state index is 12.9. The first kappa shape index (κ1) is 88.4. The van der Waals surface area contributed by atoms with Crippen LogP contribution in [0.4, 0.5) is 47.6 Å². The summed E-state index contributed by atoms with van der Waals surface area (Å²) >= 11 is 24.5. The predicted octanol–water partition coefficient (Wildman–Crippen LogP) is 10.7.